The van der Waals surface area contributed by atoms with Gasteiger partial charge >= 0.3 is 6.18 Å². The van der Waals surface area contributed by atoms with Gasteiger partial charge in [0.15, 0.2) is 0 Å². The van der Waals surface area contributed by atoms with Gasteiger partial charge in [0.1, 0.15) is 11.4 Å². The maximum absolute atomic E-state index is 13.9. The van der Waals surface area contributed by atoms with E-state index >= 15 is 0 Å². The minimum Gasteiger partial charge on any atom is -0.496 e. The summed E-state index contributed by atoms with van der Waals surface area (Å²) in [5, 5.41) is 15.3. The summed E-state index contributed by atoms with van der Waals surface area (Å²) in [6.45, 7) is 7.78. The first-order valence-electron chi connectivity index (χ1n) is 12.5. The monoisotopic (exact) mass is 540 g/mol. The van der Waals surface area contributed by atoms with Crippen LogP contribution in [0.4, 0.5) is 18.9 Å². The molecule has 2 aromatic carbocycles. The molecule has 0 bridgehead atoms. The van der Waals surface area contributed by atoms with Gasteiger partial charge in [-0.3, -0.25) is 9.48 Å². The number of hydrogen-bond donors (Lipinski definition) is 1. The zero-order valence-electron chi connectivity index (χ0n) is 22.7. The van der Waals surface area contributed by atoms with Gasteiger partial charge in [-0.05, 0) is 68.0 Å². The minimum atomic E-state index is -4.65. The van der Waals surface area contributed by atoms with Crippen molar-refractivity contribution in [3.8, 4) is 22.7 Å². The average Bonchev–Trinajstić information content (AvgIpc) is 3.48. The molecule has 0 atom stereocenters. The number of hydrogen-bond acceptors (Lipinski definition) is 5. The smallest absolute Gasteiger partial charge is 0.420 e. The molecule has 2 heterocycles. The lowest BCUT2D eigenvalue weighted by molar-refractivity contribution is -0.138. The van der Waals surface area contributed by atoms with E-state index in [9.17, 15) is 18.0 Å². The first kappa shape index (κ1) is 27.9. The van der Waals surface area contributed by atoms with Crippen LogP contribution >= 0.6 is 0 Å². The number of rotatable bonds is 8. The van der Waals surface area contributed by atoms with Gasteiger partial charge in [0.2, 0.25) is 0 Å². The number of benzene rings is 2. The van der Waals surface area contributed by atoms with Crippen molar-refractivity contribution in [1.29, 1.82) is 0 Å². The fourth-order valence-electron chi connectivity index (χ4n) is 4.30. The first-order chi connectivity index (χ1) is 18.4. The van der Waals surface area contributed by atoms with E-state index in [4.69, 9.17) is 4.74 Å². The molecule has 0 saturated heterocycles. The third-order valence-corrected chi connectivity index (χ3v) is 6.65. The lowest BCUT2D eigenvalue weighted by Crippen LogP contribution is -2.16. The Bertz CT molecular complexity index is 1500. The Morgan fingerprint density at radius 3 is 2.51 bits per heavy atom. The molecule has 1 amide bonds. The second-order valence-corrected chi connectivity index (χ2v) is 9.92. The summed E-state index contributed by atoms with van der Waals surface area (Å²) in [4.78, 5) is 13.2. The predicted molar refractivity (Wildman–Crippen MR) is 142 cm³/mol. The minimum absolute atomic E-state index is 0.0455. The van der Waals surface area contributed by atoms with Gasteiger partial charge in [-0.25, -0.2) is 4.68 Å². The molecule has 0 radical (unpaired) electrons. The second kappa shape index (κ2) is 10.9. The lowest BCUT2D eigenvalue weighted by Gasteiger charge is -2.19. The van der Waals surface area contributed by atoms with E-state index in [1.165, 1.54) is 7.11 Å². The Labute approximate surface area is 224 Å². The Morgan fingerprint density at radius 2 is 1.90 bits per heavy atom. The van der Waals surface area contributed by atoms with Gasteiger partial charge in [0, 0.05) is 29.6 Å². The molecule has 0 aliphatic heterocycles. The van der Waals surface area contributed by atoms with Crippen molar-refractivity contribution >= 4 is 11.6 Å². The molecule has 206 valence electrons. The molecular weight excluding hydrogens is 509 g/mol. The van der Waals surface area contributed by atoms with Gasteiger partial charge in [0.25, 0.3) is 5.91 Å². The Kier molecular flexibility index (Phi) is 7.80. The highest BCUT2D eigenvalue weighted by atomic mass is 19.4. The summed E-state index contributed by atoms with van der Waals surface area (Å²) < 4.78 is 50.1. The summed E-state index contributed by atoms with van der Waals surface area (Å²) in [6.07, 6.45) is -0.140. The van der Waals surface area contributed by atoms with Crippen LogP contribution in [0, 0.1) is 19.8 Å². The normalized spacial score (nSPS) is 11.7. The van der Waals surface area contributed by atoms with Crippen LogP contribution in [-0.4, -0.2) is 37.8 Å². The highest BCUT2D eigenvalue weighted by molar-refractivity contribution is 6.04. The zero-order valence-corrected chi connectivity index (χ0v) is 22.7. The van der Waals surface area contributed by atoms with Gasteiger partial charge in [0.05, 0.1) is 30.8 Å². The van der Waals surface area contributed by atoms with Crippen molar-refractivity contribution in [2.24, 2.45) is 13.0 Å². The molecule has 0 fully saturated rings. The third-order valence-electron chi connectivity index (χ3n) is 6.65. The highest BCUT2D eigenvalue weighted by Gasteiger charge is 2.36. The van der Waals surface area contributed by atoms with Crippen molar-refractivity contribution in [3.05, 3.63) is 70.7 Å². The molecule has 4 rings (SSSR count). The van der Waals surface area contributed by atoms with Crippen molar-refractivity contribution in [3.63, 3.8) is 0 Å². The summed E-state index contributed by atoms with van der Waals surface area (Å²) in [5.41, 5.74) is 3.62. The maximum Gasteiger partial charge on any atom is 0.420 e. The number of nitrogens with zero attached hydrogens (tertiary/aromatic N) is 5. The molecule has 39 heavy (non-hydrogen) atoms. The Morgan fingerprint density at radius 1 is 1.15 bits per heavy atom. The fourth-order valence-corrected chi connectivity index (χ4v) is 4.30. The topological polar surface area (TPSA) is 86.9 Å². The van der Waals surface area contributed by atoms with E-state index in [2.05, 4.69) is 20.7 Å². The van der Waals surface area contributed by atoms with Crippen LogP contribution in [0.15, 0.2) is 42.7 Å². The molecule has 0 spiro atoms. The van der Waals surface area contributed by atoms with Crippen molar-refractivity contribution < 1.29 is 22.7 Å². The molecule has 1 N–H and O–H groups in total. The molecule has 4 aromatic rings. The van der Waals surface area contributed by atoms with Gasteiger partial charge in [-0.2, -0.15) is 18.3 Å². The number of ether oxygens (including phenoxy) is 1. The Balaban J connectivity index is 1.65. The van der Waals surface area contributed by atoms with E-state index in [0.717, 1.165) is 22.9 Å². The number of carbonyl (C=O) groups excluding carboxylic acids is 1. The van der Waals surface area contributed by atoms with E-state index in [0.29, 0.717) is 29.8 Å². The van der Waals surface area contributed by atoms with Crippen molar-refractivity contribution in [2.45, 2.75) is 46.7 Å². The molecule has 0 unspecified atom stereocenters. The van der Waals surface area contributed by atoms with Crippen LogP contribution in [0.2, 0.25) is 0 Å². The largest absolute Gasteiger partial charge is 0.496 e. The number of methoxy groups -OCH3 is 1. The van der Waals surface area contributed by atoms with Gasteiger partial charge in [-0.15, -0.1) is 5.10 Å². The summed E-state index contributed by atoms with van der Waals surface area (Å²) >= 11 is 0. The lowest BCUT2D eigenvalue weighted by atomic mass is 9.98. The number of anilines is 1. The van der Waals surface area contributed by atoms with E-state index in [-0.39, 0.29) is 22.9 Å². The summed E-state index contributed by atoms with van der Waals surface area (Å²) in [6, 6.07) is 7.45. The predicted octanol–water partition coefficient (Wildman–Crippen LogP) is 6.15. The van der Waals surface area contributed by atoms with Crippen LogP contribution in [0.25, 0.3) is 16.9 Å². The summed E-state index contributed by atoms with van der Waals surface area (Å²) in [7, 11) is 3.06. The third kappa shape index (κ3) is 5.97. The van der Waals surface area contributed by atoms with Crippen molar-refractivity contribution in [2.75, 3.05) is 12.4 Å². The molecular formula is C28H31F3N6O2. The number of carbonyl (C=O) groups is 1. The van der Waals surface area contributed by atoms with Crippen LogP contribution in [0.3, 0.4) is 0 Å². The Hall–Kier alpha value is -4.15. The number of aromatic nitrogens is 5. The molecule has 0 aliphatic carbocycles. The zero-order chi connectivity index (χ0) is 28.5. The van der Waals surface area contributed by atoms with E-state index < -0.39 is 17.6 Å². The van der Waals surface area contributed by atoms with Crippen LogP contribution in [0.1, 0.15) is 53.0 Å². The molecule has 8 nitrogen and oxygen atoms in total. The highest BCUT2D eigenvalue weighted by Crippen LogP contribution is 2.41. The number of nitrogens with one attached hydrogen (secondary N) is 1. The maximum atomic E-state index is 13.9. The quantitative estimate of drug-likeness (QED) is 0.290. The first-order valence-corrected chi connectivity index (χ1v) is 12.5. The number of halogens is 3. The molecule has 2 aromatic heterocycles. The number of amides is 1. The van der Waals surface area contributed by atoms with E-state index in [1.807, 2.05) is 34.7 Å². The summed E-state index contributed by atoms with van der Waals surface area (Å²) in [5.74, 6) is -0.481. The molecule has 0 saturated carbocycles. The number of aryl methyl sites for hydroxylation is 3. The molecule has 0 aliphatic rings. The standard InChI is InChI=1S/C28H31F3N6O2/c1-16(2)7-9-19-11-21(13-23(26(19)39-6)28(29,30)31)33-27(38)20-10-8-17(3)25(12-20)37-15-24(34-35-37)22-14-32-36(5)18(22)4/h8,10-16H,7,9H2,1-6H3,(H,33,38). The van der Waals surface area contributed by atoms with Crippen LogP contribution < -0.4 is 10.1 Å². The van der Waals surface area contributed by atoms with Gasteiger partial charge in [-0.1, -0.05) is 25.1 Å². The average molecular weight is 541 g/mol. The van der Waals surface area contributed by atoms with Crippen LogP contribution in [-0.2, 0) is 19.6 Å². The SMILES string of the molecule is COc1c(CCC(C)C)cc(NC(=O)c2ccc(C)c(-n3cc(-c4cnn(C)c4C)nn3)c2)cc1C(F)(F)F. The number of alkyl halides is 3. The fraction of sp³-hybridized carbons (Fsp3) is 0.357. The second-order valence-electron chi connectivity index (χ2n) is 9.92. The van der Waals surface area contributed by atoms with Gasteiger partial charge < -0.3 is 10.1 Å². The van der Waals surface area contributed by atoms with Crippen molar-refractivity contribution in [1.82, 2.24) is 24.8 Å². The molecule has 11 heteroatoms. The van der Waals surface area contributed by atoms with E-state index in [1.54, 1.807) is 46.0 Å². The van der Waals surface area contributed by atoms with Crippen LogP contribution in [0.5, 0.6) is 5.75 Å².